The number of rotatable bonds is 5. The molecule has 1 saturated carbocycles. The van der Waals surface area contributed by atoms with Gasteiger partial charge in [0.1, 0.15) is 16.9 Å². The molecular weight excluding hydrogens is 512 g/mol. The van der Waals surface area contributed by atoms with E-state index in [1.165, 1.54) is 24.4 Å². The first-order valence-corrected chi connectivity index (χ1v) is 12.5. The summed E-state index contributed by atoms with van der Waals surface area (Å²) < 4.78 is 61.1. The van der Waals surface area contributed by atoms with Crippen molar-refractivity contribution in [3.63, 3.8) is 0 Å². The smallest absolute Gasteiger partial charge is 0.378 e. The van der Waals surface area contributed by atoms with Crippen LogP contribution in [0.25, 0.3) is 11.1 Å². The van der Waals surface area contributed by atoms with Crippen molar-refractivity contribution in [1.82, 2.24) is 9.97 Å². The quantitative estimate of drug-likeness (QED) is 0.336. The van der Waals surface area contributed by atoms with Crippen LogP contribution in [0.15, 0.2) is 42.7 Å². The Hall–Kier alpha value is -3.97. The predicted octanol–water partition coefficient (Wildman–Crippen LogP) is 5.65. The van der Waals surface area contributed by atoms with Crippen LogP contribution in [0.3, 0.4) is 0 Å². The first-order chi connectivity index (χ1) is 18.6. The Bertz CT molecular complexity index is 1480. The number of alkyl halides is 3. The molecule has 10 heteroatoms. The van der Waals surface area contributed by atoms with Gasteiger partial charge in [0.2, 0.25) is 0 Å². The van der Waals surface area contributed by atoms with Crippen LogP contribution >= 0.6 is 0 Å². The molecule has 202 valence electrons. The van der Waals surface area contributed by atoms with Crippen LogP contribution < -0.4 is 10.2 Å². The summed E-state index contributed by atoms with van der Waals surface area (Å²) in [6.45, 7) is 6.00. The standard InChI is InChI=1S/C29H26F4N4O2/c1-3-4-23-25(37-9-11-39-12-10-37)14-20(17-35-23)21-16-24(22(30)13-18(21)2)36-27(38)19-5-8-34-26(15-19)28(6-7-28)29(31,32)33/h5,8,13-17H,6-7,9-12H2,1-2H3,(H,36,38). The molecule has 3 aromatic rings. The van der Waals surface area contributed by atoms with Crippen molar-refractivity contribution >= 4 is 17.3 Å². The molecule has 1 amide bonds. The van der Waals surface area contributed by atoms with Crippen LogP contribution in [0.5, 0.6) is 0 Å². The number of ether oxygens (including phenoxy) is 1. The lowest BCUT2D eigenvalue weighted by atomic mass is 9.98. The minimum absolute atomic E-state index is 0.0317. The van der Waals surface area contributed by atoms with E-state index in [4.69, 9.17) is 4.74 Å². The Kier molecular flexibility index (Phi) is 7.03. The highest BCUT2D eigenvalue weighted by molar-refractivity contribution is 6.04. The van der Waals surface area contributed by atoms with Gasteiger partial charge >= 0.3 is 6.18 Å². The number of morpholine rings is 1. The highest BCUT2D eigenvalue weighted by Crippen LogP contribution is 2.58. The van der Waals surface area contributed by atoms with Gasteiger partial charge in [0.05, 0.1) is 30.3 Å². The van der Waals surface area contributed by atoms with Gasteiger partial charge in [-0.05, 0) is 74.1 Å². The summed E-state index contributed by atoms with van der Waals surface area (Å²) in [5.41, 5.74) is 1.08. The van der Waals surface area contributed by atoms with E-state index in [9.17, 15) is 22.4 Å². The molecule has 1 saturated heterocycles. The number of aromatic nitrogens is 2. The van der Waals surface area contributed by atoms with Crippen LogP contribution in [-0.2, 0) is 10.2 Å². The van der Waals surface area contributed by atoms with Gasteiger partial charge in [0.25, 0.3) is 5.91 Å². The summed E-state index contributed by atoms with van der Waals surface area (Å²) in [6.07, 6.45) is -1.79. The van der Waals surface area contributed by atoms with Crippen molar-refractivity contribution in [1.29, 1.82) is 0 Å². The summed E-state index contributed by atoms with van der Waals surface area (Å²) in [4.78, 5) is 23.5. The van der Waals surface area contributed by atoms with Crippen molar-refractivity contribution in [2.75, 3.05) is 36.5 Å². The number of hydrogen-bond acceptors (Lipinski definition) is 5. The molecular formula is C29H26F4N4O2. The number of pyridine rings is 2. The van der Waals surface area contributed by atoms with Gasteiger partial charge in [-0.25, -0.2) is 9.37 Å². The molecule has 0 spiro atoms. The number of aryl methyl sites for hydroxylation is 1. The van der Waals surface area contributed by atoms with Crippen molar-refractivity contribution in [2.24, 2.45) is 0 Å². The topological polar surface area (TPSA) is 67.4 Å². The fourth-order valence-electron chi connectivity index (χ4n) is 4.78. The lowest BCUT2D eigenvalue weighted by Gasteiger charge is -2.29. The number of hydrogen-bond donors (Lipinski definition) is 1. The molecule has 5 rings (SSSR count). The SMILES string of the molecule is CC#Cc1ncc(-c2cc(NC(=O)c3ccnc(C4(C(F)(F)F)CC4)c3)c(F)cc2C)cc1N1CCOCC1. The lowest BCUT2D eigenvalue weighted by Crippen LogP contribution is -2.36. The highest BCUT2D eigenvalue weighted by atomic mass is 19.4. The van der Waals surface area contributed by atoms with Gasteiger partial charge in [-0.15, -0.1) is 0 Å². The average molecular weight is 539 g/mol. The molecule has 39 heavy (non-hydrogen) atoms. The number of amides is 1. The van der Waals surface area contributed by atoms with Crippen molar-refractivity contribution < 1.29 is 27.1 Å². The van der Waals surface area contributed by atoms with Crippen molar-refractivity contribution in [3.05, 3.63) is 71.1 Å². The summed E-state index contributed by atoms with van der Waals surface area (Å²) in [5, 5.41) is 2.52. The zero-order valence-electron chi connectivity index (χ0n) is 21.5. The summed E-state index contributed by atoms with van der Waals surface area (Å²) in [5.74, 6) is 4.51. The number of carbonyl (C=O) groups excluding carboxylic acids is 1. The predicted molar refractivity (Wildman–Crippen MR) is 139 cm³/mol. The molecule has 2 aliphatic rings. The molecule has 0 bridgehead atoms. The van der Waals surface area contributed by atoms with Crippen LogP contribution in [0, 0.1) is 24.6 Å². The minimum atomic E-state index is -4.46. The number of carbonyl (C=O) groups is 1. The first kappa shape index (κ1) is 26.6. The fourth-order valence-corrected chi connectivity index (χ4v) is 4.78. The van der Waals surface area contributed by atoms with Crippen molar-refractivity contribution in [3.8, 4) is 23.0 Å². The fraction of sp³-hybridized carbons (Fsp3) is 0.345. The molecule has 1 N–H and O–H groups in total. The van der Waals surface area contributed by atoms with E-state index >= 15 is 0 Å². The van der Waals surface area contributed by atoms with Crippen molar-refractivity contribution in [2.45, 2.75) is 38.3 Å². The van der Waals surface area contributed by atoms with Gasteiger partial charge in [-0.1, -0.05) is 5.92 Å². The second kappa shape index (κ2) is 10.3. The van der Waals surface area contributed by atoms with E-state index in [-0.39, 0.29) is 29.8 Å². The summed E-state index contributed by atoms with van der Waals surface area (Å²) in [7, 11) is 0. The van der Waals surface area contributed by atoms with Gasteiger partial charge < -0.3 is 15.0 Å². The molecule has 1 aliphatic carbocycles. The number of benzene rings is 1. The third-order valence-electron chi connectivity index (χ3n) is 7.14. The van der Waals surface area contributed by atoms with Gasteiger partial charge in [0, 0.05) is 36.6 Å². The number of anilines is 2. The van der Waals surface area contributed by atoms with E-state index in [1.807, 2.05) is 6.07 Å². The third kappa shape index (κ3) is 5.19. The lowest BCUT2D eigenvalue weighted by molar-refractivity contribution is -0.161. The van der Waals surface area contributed by atoms with Crippen LogP contribution in [-0.4, -0.2) is 48.4 Å². The maximum atomic E-state index is 15.0. The molecule has 3 heterocycles. The zero-order chi connectivity index (χ0) is 27.8. The first-order valence-electron chi connectivity index (χ1n) is 12.5. The monoisotopic (exact) mass is 538 g/mol. The largest absolute Gasteiger partial charge is 0.399 e. The molecule has 2 fully saturated rings. The summed E-state index contributed by atoms with van der Waals surface area (Å²) in [6, 6.07) is 7.19. The minimum Gasteiger partial charge on any atom is -0.378 e. The highest BCUT2D eigenvalue weighted by Gasteiger charge is 2.65. The molecule has 0 atom stereocenters. The van der Waals surface area contributed by atoms with Crippen LogP contribution in [0.2, 0.25) is 0 Å². The van der Waals surface area contributed by atoms with E-state index in [1.54, 1.807) is 20.0 Å². The zero-order valence-corrected chi connectivity index (χ0v) is 21.5. The molecule has 2 aromatic heterocycles. The molecule has 0 radical (unpaired) electrons. The molecule has 1 aliphatic heterocycles. The maximum Gasteiger partial charge on any atom is 0.399 e. The van der Waals surface area contributed by atoms with Crippen LogP contribution in [0.4, 0.5) is 28.9 Å². The number of nitrogens with one attached hydrogen (secondary N) is 1. The Labute approximate surface area is 223 Å². The Morgan fingerprint density at radius 2 is 1.87 bits per heavy atom. The van der Waals surface area contributed by atoms with E-state index in [0.717, 1.165) is 11.8 Å². The summed E-state index contributed by atoms with van der Waals surface area (Å²) >= 11 is 0. The third-order valence-corrected chi connectivity index (χ3v) is 7.14. The molecule has 0 unspecified atom stereocenters. The number of halogens is 4. The van der Waals surface area contributed by atoms with Crippen LogP contribution in [0.1, 0.15) is 47.1 Å². The molecule has 1 aromatic carbocycles. The Morgan fingerprint density at radius 3 is 2.54 bits per heavy atom. The van der Waals surface area contributed by atoms with Gasteiger partial charge in [-0.3, -0.25) is 9.78 Å². The second-order valence-electron chi connectivity index (χ2n) is 9.68. The maximum absolute atomic E-state index is 15.0. The number of nitrogens with zero attached hydrogens (tertiary/aromatic N) is 3. The van der Waals surface area contributed by atoms with E-state index < -0.39 is 23.3 Å². The van der Waals surface area contributed by atoms with Gasteiger partial charge in [0.15, 0.2) is 0 Å². The Balaban J connectivity index is 1.46. The van der Waals surface area contributed by atoms with Gasteiger partial charge in [-0.2, -0.15) is 13.2 Å². The normalized spacial score (nSPS) is 16.3. The van der Waals surface area contributed by atoms with E-state index in [0.29, 0.717) is 48.7 Å². The average Bonchev–Trinajstić information content (AvgIpc) is 3.74. The van der Waals surface area contributed by atoms with E-state index in [2.05, 4.69) is 32.0 Å². The molecule has 6 nitrogen and oxygen atoms in total. The Morgan fingerprint density at radius 1 is 1.13 bits per heavy atom. The second-order valence-corrected chi connectivity index (χ2v) is 9.68.